The second kappa shape index (κ2) is 33.9. The van der Waals surface area contributed by atoms with Crippen molar-refractivity contribution in [3.05, 3.63) is 75.1 Å². The van der Waals surface area contributed by atoms with Crippen LogP contribution in [0.15, 0.2) is 47.3 Å². The highest BCUT2D eigenvalue weighted by molar-refractivity contribution is 6.13. The number of rotatable bonds is 39. The highest BCUT2D eigenvalue weighted by atomic mass is 16.6. The lowest BCUT2D eigenvalue weighted by Gasteiger charge is -2.31. The Balaban J connectivity index is 0.815. The van der Waals surface area contributed by atoms with Gasteiger partial charge < -0.3 is 80.0 Å². The molecular weight excluding hydrogens is 1150 g/mol. The van der Waals surface area contributed by atoms with Gasteiger partial charge in [0, 0.05) is 67.2 Å². The van der Waals surface area contributed by atoms with Gasteiger partial charge in [0.2, 0.25) is 41.4 Å². The van der Waals surface area contributed by atoms with E-state index in [9.17, 15) is 57.8 Å². The molecule has 0 saturated carbocycles. The Labute approximate surface area is 508 Å². The van der Waals surface area contributed by atoms with Crippen molar-refractivity contribution in [2.45, 2.75) is 110 Å². The first-order valence-electron chi connectivity index (χ1n) is 29.2. The number of carbonyl (C=O) groups is 10. The molecule has 29 heteroatoms. The number of aromatic nitrogens is 2. The van der Waals surface area contributed by atoms with Gasteiger partial charge in [0.15, 0.2) is 5.60 Å². The third kappa shape index (κ3) is 19.2. The van der Waals surface area contributed by atoms with Gasteiger partial charge in [-0.25, -0.2) is 9.78 Å². The number of ether oxygens (including phenoxy) is 7. The van der Waals surface area contributed by atoms with Crippen molar-refractivity contribution in [1.29, 1.82) is 0 Å². The predicted molar refractivity (Wildman–Crippen MR) is 312 cm³/mol. The predicted octanol–water partition coefficient (Wildman–Crippen LogP) is -1.73. The molecule has 3 aliphatic rings. The number of cyclic esters (lactones) is 1. The minimum Gasteiger partial charge on any atom is -0.458 e. The van der Waals surface area contributed by atoms with Crippen molar-refractivity contribution < 1.29 is 86.2 Å². The summed E-state index contributed by atoms with van der Waals surface area (Å²) < 4.78 is 39.5. The molecule has 3 aliphatic heterocycles. The Kier molecular flexibility index (Phi) is 26.6. The van der Waals surface area contributed by atoms with Crippen LogP contribution in [-0.4, -0.2) is 213 Å². The van der Waals surface area contributed by atoms with Crippen LogP contribution in [0.3, 0.4) is 0 Å². The molecule has 9 amide bonds. The average Bonchev–Trinajstić information content (AvgIpc) is 2.29. The van der Waals surface area contributed by atoms with Gasteiger partial charge in [-0.15, -0.1) is 0 Å². The zero-order chi connectivity index (χ0) is 63.9. The molecular formula is C59H80N10O19. The number of carbonyl (C=O) groups excluding carboxylic acids is 10. The summed E-state index contributed by atoms with van der Waals surface area (Å²) in [5.74, 6) is -6.36. The van der Waals surface area contributed by atoms with Gasteiger partial charge >= 0.3 is 5.97 Å². The molecule has 0 bridgehead atoms. The number of hydrogen-bond acceptors (Lipinski definition) is 20. The molecule has 0 aliphatic carbocycles. The quantitative estimate of drug-likeness (QED) is 0.0148. The number of fused-ring (bicyclic) bond motifs is 5. The van der Waals surface area contributed by atoms with E-state index in [1.165, 1.54) is 26.0 Å². The van der Waals surface area contributed by atoms with Crippen LogP contribution >= 0.6 is 0 Å². The monoisotopic (exact) mass is 1230 g/mol. The van der Waals surface area contributed by atoms with Gasteiger partial charge in [-0.2, -0.15) is 0 Å². The molecule has 0 radical (unpaired) electrons. The topological polar surface area (TPSA) is 383 Å². The van der Waals surface area contributed by atoms with Gasteiger partial charge in [-0.3, -0.25) is 52.8 Å². The van der Waals surface area contributed by atoms with E-state index in [0.717, 1.165) is 21.4 Å². The molecule has 6 rings (SSSR count). The van der Waals surface area contributed by atoms with Crippen molar-refractivity contribution >= 4 is 70.0 Å². The van der Waals surface area contributed by atoms with Crippen molar-refractivity contribution in [2.24, 2.45) is 5.73 Å². The van der Waals surface area contributed by atoms with Crippen molar-refractivity contribution in [2.75, 3.05) is 105 Å². The zero-order valence-electron chi connectivity index (χ0n) is 50.3. The van der Waals surface area contributed by atoms with Crippen molar-refractivity contribution in [3.8, 4) is 11.4 Å². The highest BCUT2D eigenvalue weighted by Gasteiger charge is 2.45. The van der Waals surface area contributed by atoms with Gasteiger partial charge in [0.05, 0.1) is 121 Å². The lowest BCUT2D eigenvalue weighted by atomic mass is 9.86. The molecule has 0 spiro atoms. The number of pyridine rings is 2. The lowest BCUT2D eigenvalue weighted by Crippen LogP contribution is -2.56. The van der Waals surface area contributed by atoms with E-state index in [2.05, 4.69) is 26.6 Å². The molecule has 0 saturated heterocycles. The first kappa shape index (κ1) is 69.0. The van der Waals surface area contributed by atoms with Crippen LogP contribution in [0.2, 0.25) is 0 Å². The second-order valence-corrected chi connectivity index (χ2v) is 21.1. The third-order valence-electron chi connectivity index (χ3n) is 14.6. The van der Waals surface area contributed by atoms with Crippen molar-refractivity contribution in [1.82, 2.24) is 45.9 Å². The average molecular weight is 1230 g/mol. The van der Waals surface area contributed by atoms with Crippen LogP contribution in [-0.2, 0) is 106 Å². The van der Waals surface area contributed by atoms with Crippen molar-refractivity contribution in [3.63, 3.8) is 0 Å². The minimum absolute atomic E-state index is 0.0102. The summed E-state index contributed by atoms with van der Waals surface area (Å²) in [6.45, 7) is 11.2. The van der Waals surface area contributed by atoms with Crippen LogP contribution < -0.4 is 37.9 Å². The Hall–Kier alpha value is -8.06. The fourth-order valence-corrected chi connectivity index (χ4v) is 9.76. The molecule has 5 heterocycles. The van der Waals surface area contributed by atoms with Crippen LogP contribution in [0.1, 0.15) is 82.6 Å². The molecule has 0 unspecified atom stereocenters. The van der Waals surface area contributed by atoms with E-state index < -0.39 is 95.5 Å². The van der Waals surface area contributed by atoms with Gasteiger partial charge in [0.25, 0.3) is 17.4 Å². The standard InChI is InChI=1S/C59H80N10O19/c1-6-59(81)43-31-46-53-41(34-69(46)57(79)42(43)35-88-58(59)80)39(40-9-7-8-10-44(40)65-53)13-17-67(36(2)3)52(75)33-62-56(78)45(32-47(60)70)66-55(77)38(5)64-54(76)37(4)63-49(72)15-19-82-21-23-84-25-27-86-29-30-87-28-26-85-24-22-83-20-16-61-48(71)14-18-68-50(73)11-12-51(68)74/h7-12,31,36-38,45,81H,6,13-30,32-35H2,1-5H3,(H2,60,70)(H,61,71)(H,62,78)(H,63,72)(H,64,76)(H,66,77)/t37-,38-,45-,59-/m0/s1. The van der Waals surface area contributed by atoms with E-state index in [4.69, 9.17) is 43.9 Å². The number of aliphatic hydroxyl groups is 1. The fourth-order valence-electron chi connectivity index (χ4n) is 9.76. The normalized spacial score (nSPS) is 15.9. The van der Waals surface area contributed by atoms with Gasteiger partial charge in [-0.05, 0) is 58.2 Å². The third-order valence-corrected chi connectivity index (χ3v) is 14.6. The molecule has 0 fully saturated rings. The smallest absolute Gasteiger partial charge is 0.343 e. The number of imide groups is 1. The van der Waals surface area contributed by atoms with Crippen LogP contribution in [0.25, 0.3) is 22.3 Å². The first-order valence-corrected chi connectivity index (χ1v) is 29.2. The van der Waals surface area contributed by atoms with Crippen LogP contribution in [0.4, 0.5) is 0 Å². The highest BCUT2D eigenvalue weighted by Crippen LogP contribution is 2.40. The summed E-state index contributed by atoms with van der Waals surface area (Å²) in [5.41, 5.74) is 6.51. The first-order chi connectivity index (χ1) is 42.1. The van der Waals surface area contributed by atoms with E-state index in [-0.39, 0.29) is 102 Å². The molecule has 2 aromatic heterocycles. The molecule has 1 aromatic carbocycles. The summed E-state index contributed by atoms with van der Waals surface area (Å²) in [5, 5.41) is 24.7. The van der Waals surface area contributed by atoms with E-state index in [0.29, 0.717) is 76.2 Å². The summed E-state index contributed by atoms with van der Waals surface area (Å²) in [7, 11) is 0. The molecule has 4 atom stereocenters. The number of hydrogen-bond donors (Lipinski definition) is 7. The Bertz CT molecular complexity index is 3100. The molecule has 88 heavy (non-hydrogen) atoms. The van der Waals surface area contributed by atoms with E-state index >= 15 is 0 Å². The number of nitrogens with two attached hydrogens (primary N) is 1. The Morgan fingerprint density at radius 1 is 0.727 bits per heavy atom. The maximum absolute atomic E-state index is 13.9. The maximum Gasteiger partial charge on any atom is 0.343 e. The summed E-state index contributed by atoms with van der Waals surface area (Å²) in [4.78, 5) is 147. The number of amides is 9. The lowest BCUT2D eigenvalue weighted by molar-refractivity contribution is -0.172. The van der Waals surface area contributed by atoms with Crippen LogP contribution in [0, 0.1) is 0 Å². The van der Waals surface area contributed by atoms with E-state index in [1.807, 2.05) is 24.3 Å². The fraction of sp³-hybridized carbons (Fsp3) is 0.559. The Morgan fingerprint density at radius 2 is 1.31 bits per heavy atom. The summed E-state index contributed by atoms with van der Waals surface area (Å²) in [6.07, 6.45) is 1.93. The number of para-hydroxylation sites is 1. The summed E-state index contributed by atoms with van der Waals surface area (Å²) in [6, 6.07) is 4.83. The number of benzene rings is 1. The van der Waals surface area contributed by atoms with Gasteiger partial charge in [0.1, 0.15) is 24.7 Å². The number of nitrogens with one attached hydrogen (secondary N) is 5. The number of primary amides is 1. The molecule has 8 N–H and O–H groups in total. The van der Waals surface area contributed by atoms with Crippen LogP contribution in [0.5, 0.6) is 0 Å². The largest absolute Gasteiger partial charge is 0.458 e. The van der Waals surface area contributed by atoms with Gasteiger partial charge in [-0.1, -0.05) is 25.1 Å². The number of nitrogens with zero attached hydrogens (tertiary/aromatic N) is 4. The zero-order valence-corrected chi connectivity index (χ0v) is 50.3. The summed E-state index contributed by atoms with van der Waals surface area (Å²) >= 11 is 0. The molecule has 29 nitrogen and oxygen atoms in total. The minimum atomic E-state index is -2.00. The SMILES string of the molecule is CC[C@@]1(O)C(=O)OCc2c1cc1n(c2=O)Cc2c-1nc1ccccc1c2CCN(C(=O)CNC(=O)[C@H](CC(N)=O)NC(=O)[C@H](C)NC(=O)[C@H](C)NC(=O)CCOCCOCCOCCOCCOCCOCCNC(=O)CCN1C(=O)C=CC1=O)C(C)C. The molecule has 3 aromatic rings. The maximum atomic E-state index is 13.9. The molecule has 480 valence electrons. The van der Waals surface area contributed by atoms with E-state index in [1.54, 1.807) is 36.3 Å². The second-order valence-electron chi connectivity index (χ2n) is 21.1. The Morgan fingerprint density at radius 3 is 1.91 bits per heavy atom. The number of esters is 1.